The number of hydrogen-bond donors (Lipinski definition) is 0. The van der Waals surface area contributed by atoms with Crippen LogP contribution < -0.4 is 4.90 Å². The molecule has 0 spiro atoms. The van der Waals surface area contributed by atoms with Gasteiger partial charge in [-0.15, -0.1) is 0 Å². The first-order valence-electron chi connectivity index (χ1n) is 13.9. The molecule has 2 atom stereocenters. The Balaban J connectivity index is 1.19. The van der Waals surface area contributed by atoms with Gasteiger partial charge in [0.25, 0.3) is 0 Å². The second-order valence-corrected chi connectivity index (χ2v) is 13.3. The molecule has 0 N–H and O–H groups in total. The highest BCUT2D eigenvalue weighted by molar-refractivity contribution is 14.1. The summed E-state index contributed by atoms with van der Waals surface area (Å²) in [5.41, 5.74) is 7.08. The molecule has 2 aliphatic rings. The molecule has 1 nitrogen and oxygen atoms in total. The molecule has 0 aromatic heterocycles. The molecule has 1 heterocycles. The van der Waals surface area contributed by atoms with Crippen molar-refractivity contribution in [1.29, 1.82) is 0 Å². The Labute approximate surface area is 246 Å². The average Bonchev–Trinajstić information content (AvgIpc) is 3.25. The van der Waals surface area contributed by atoms with E-state index in [4.69, 9.17) is 0 Å². The van der Waals surface area contributed by atoms with Crippen molar-refractivity contribution in [3.63, 3.8) is 0 Å². The molecule has 39 heavy (non-hydrogen) atoms. The van der Waals surface area contributed by atoms with E-state index >= 15 is 0 Å². The minimum Gasteiger partial charge on any atom is -0.347 e. The average molecular weight is 622 g/mol. The van der Waals surface area contributed by atoms with Gasteiger partial charge in [-0.2, -0.15) is 0 Å². The molecule has 1 aliphatic carbocycles. The van der Waals surface area contributed by atoms with Crippen molar-refractivity contribution in [2.24, 2.45) is 5.92 Å². The van der Waals surface area contributed by atoms with Crippen molar-refractivity contribution in [3.8, 4) is 0 Å². The number of nitrogens with zero attached hydrogens (tertiary/aromatic N) is 1. The Morgan fingerprint density at radius 2 is 1.28 bits per heavy atom. The van der Waals surface area contributed by atoms with E-state index < -0.39 is 0 Å². The number of benzene rings is 4. The maximum absolute atomic E-state index is 2.65. The minimum atomic E-state index is -0.0541. The van der Waals surface area contributed by atoms with E-state index in [0.29, 0.717) is 9.84 Å². The molecule has 6 rings (SSSR count). The van der Waals surface area contributed by atoms with Crippen molar-refractivity contribution in [1.82, 2.24) is 0 Å². The summed E-state index contributed by atoms with van der Waals surface area (Å²) >= 11 is 2.65. The van der Waals surface area contributed by atoms with Crippen LogP contribution >= 0.6 is 22.6 Å². The van der Waals surface area contributed by atoms with E-state index in [0.717, 1.165) is 0 Å². The second-order valence-electron chi connectivity index (χ2n) is 12.0. The molecular weight excluding hydrogens is 585 g/mol. The van der Waals surface area contributed by atoms with Gasteiger partial charge in [0.2, 0.25) is 0 Å². The number of rotatable bonds is 4. The van der Waals surface area contributed by atoms with E-state index in [1.807, 2.05) is 0 Å². The first-order valence-corrected chi connectivity index (χ1v) is 15.1. The zero-order valence-electron chi connectivity index (χ0n) is 23.4. The molecule has 0 bridgehead atoms. The highest BCUT2D eigenvalue weighted by Gasteiger charge is 2.44. The Morgan fingerprint density at radius 1 is 0.692 bits per heavy atom. The van der Waals surface area contributed by atoms with Crippen molar-refractivity contribution in [2.75, 3.05) is 11.9 Å². The molecule has 196 valence electrons. The fourth-order valence-electron chi connectivity index (χ4n) is 7.02. The quantitative estimate of drug-likeness (QED) is 0.125. The lowest BCUT2D eigenvalue weighted by Gasteiger charge is -2.28. The SMILES string of the molecule is CN1C(=CC=CC=CC=CC2C(I)c3ccc4ccccc4c3C2(C)C)C(C)(C)c2c1ccc1ccccc21. The largest absolute Gasteiger partial charge is 0.347 e. The maximum atomic E-state index is 2.65. The van der Waals surface area contributed by atoms with Gasteiger partial charge < -0.3 is 4.90 Å². The summed E-state index contributed by atoms with van der Waals surface area (Å²) < 4.78 is 0.472. The van der Waals surface area contributed by atoms with Crippen LogP contribution in [0.4, 0.5) is 5.69 Å². The van der Waals surface area contributed by atoms with Crippen LogP contribution in [0.5, 0.6) is 0 Å². The predicted octanol–water partition coefficient (Wildman–Crippen LogP) is 10.4. The smallest absolute Gasteiger partial charge is 0.0454 e. The van der Waals surface area contributed by atoms with Gasteiger partial charge in [-0.05, 0) is 55.8 Å². The molecule has 4 aromatic rings. The third kappa shape index (κ3) is 4.19. The summed E-state index contributed by atoms with van der Waals surface area (Å²) in [5, 5.41) is 5.39. The lowest BCUT2D eigenvalue weighted by atomic mass is 9.77. The number of allylic oxidation sites excluding steroid dienone is 8. The van der Waals surface area contributed by atoms with Gasteiger partial charge in [0.05, 0.1) is 0 Å². The molecular formula is C37H36IN. The predicted molar refractivity (Wildman–Crippen MR) is 178 cm³/mol. The number of hydrogen-bond acceptors (Lipinski definition) is 1. The van der Waals surface area contributed by atoms with Crippen molar-refractivity contribution in [3.05, 3.63) is 138 Å². The van der Waals surface area contributed by atoms with Crippen molar-refractivity contribution >= 4 is 49.8 Å². The van der Waals surface area contributed by atoms with Gasteiger partial charge in [0, 0.05) is 33.7 Å². The molecule has 0 amide bonds. The second kappa shape index (κ2) is 9.82. The van der Waals surface area contributed by atoms with E-state index in [2.05, 4.69) is 178 Å². The third-order valence-corrected chi connectivity index (χ3v) is 10.4. The van der Waals surface area contributed by atoms with Crippen LogP contribution in [0.2, 0.25) is 0 Å². The van der Waals surface area contributed by atoms with Crippen LogP contribution in [0.25, 0.3) is 21.5 Å². The van der Waals surface area contributed by atoms with Crippen LogP contribution in [0, 0.1) is 5.92 Å². The summed E-state index contributed by atoms with van der Waals surface area (Å²) in [6, 6.07) is 26.7. The maximum Gasteiger partial charge on any atom is 0.0454 e. The van der Waals surface area contributed by atoms with E-state index in [1.165, 1.54) is 49.6 Å². The summed E-state index contributed by atoms with van der Waals surface area (Å²) in [5.74, 6) is 0.455. The highest BCUT2D eigenvalue weighted by Crippen LogP contribution is 2.56. The summed E-state index contributed by atoms with van der Waals surface area (Å²) in [6.07, 6.45) is 15.5. The van der Waals surface area contributed by atoms with Crippen LogP contribution in [-0.4, -0.2) is 7.05 Å². The molecule has 0 saturated heterocycles. The zero-order valence-corrected chi connectivity index (χ0v) is 25.6. The van der Waals surface area contributed by atoms with Gasteiger partial charge in [-0.3, -0.25) is 0 Å². The molecule has 0 saturated carbocycles. The van der Waals surface area contributed by atoms with E-state index in [9.17, 15) is 0 Å². The molecule has 4 aromatic carbocycles. The van der Waals surface area contributed by atoms with Gasteiger partial charge >= 0.3 is 0 Å². The minimum absolute atomic E-state index is 0.0541. The molecule has 2 heteroatoms. The van der Waals surface area contributed by atoms with Crippen LogP contribution in [0.15, 0.2) is 121 Å². The lowest BCUT2D eigenvalue weighted by Crippen LogP contribution is -2.23. The fraction of sp³-hybridized carbons (Fsp3) is 0.243. The van der Waals surface area contributed by atoms with Gasteiger partial charge in [-0.1, -0.05) is 153 Å². The van der Waals surface area contributed by atoms with Gasteiger partial charge in [-0.25, -0.2) is 0 Å². The lowest BCUT2D eigenvalue weighted by molar-refractivity contribution is 0.423. The summed E-state index contributed by atoms with van der Waals surface area (Å²) in [6.45, 7) is 9.49. The van der Waals surface area contributed by atoms with E-state index in [-0.39, 0.29) is 10.8 Å². The molecule has 0 radical (unpaired) electrons. The van der Waals surface area contributed by atoms with Crippen LogP contribution in [0.3, 0.4) is 0 Å². The normalized spacial score (nSPS) is 22.7. The summed E-state index contributed by atoms with van der Waals surface area (Å²) in [4.78, 5) is 2.35. The number of alkyl halides is 1. The van der Waals surface area contributed by atoms with Gasteiger partial charge in [0.1, 0.15) is 0 Å². The number of fused-ring (bicyclic) bond motifs is 6. The Morgan fingerprint density at radius 3 is 2.00 bits per heavy atom. The topological polar surface area (TPSA) is 3.24 Å². The van der Waals surface area contributed by atoms with Crippen LogP contribution in [0.1, 0.15) is 48.3 Å². The van der Waals surface area contributed by atoms with Crippen LogP contribution in [-0.2, 0) is 10.8 Å². The number of anilines is 1. The Kier molecular flexibility index (Phi) is 6.58. The number of likely N-dealkylation sites (N-methyl/N-ethyl adjacent to an activating group) is 1. The highest BCUT2D eigenvalue weighted by atomic mass is 127. The van der Waals surface area contributed by atoms with Crippen molar-refractivity contribution < 1.29 is 0 Å². The fourth-order valence-corrected chi connectivity index (χ4v) is 8.68. The third-order valence-electron chi connectivity index (χ3n) is 8.96. The first kappa shape index (κ1) is 26.1. The molecule has 1 aliphatic heterocycles. The standard InChI is InChI=1S/C37H36IN/c1-36(2)30(35(38)29-23-21-25-15-11-13-17-27(25)33(29)36)19-9-7-6-8-10-20-32-37(3,4)34-28-18-14-12-16-26(28)22-24-31(34)39(32)5/h6-24,30,35H,1-5H3. The Hall–Kier alpha value is -3.11. The zero-order chi connectivity index (χ0) is 27.4. The monoisotopic (exact) mass is 621 g/mol. The first-order chi connectivity index (χ1) is 18.7. The Bertz CT molecular complexity index is 1700. The number of halogens is 1. The van der Waals surface area contributed by atoms with E-state index in [1.54, 1.807) is 0 Å². The molecule has 2 unspecified atom stereocenters. The summed E-state index contributed by atoms with van der Waals surface area (Å²) in [7, 11) is 2.19. The van der Waals surface area contributed by atoms with Crippen molar-refractivity contribution in [2.45, 2.75) is 42.4 Å². The van der Waals surface area contributed by atoms with Gasteiger partial charge in [0.15, 0.2) is 0 Å². The molecule has 0 fully saturated rings.